The van der Waals surface area contributed by atoms with Crippen LogP contribution in [0.25, 0.3) is 0 Å². The van der Waals surface area contributed by atoms with Crippen molar-refractivity contribution >= 4 is 0 Å². The van der Waals surface area contributed by atoms with Crippen LogP contribution in [0.15, 0.2) is 54.6 Å². The van der Waals surface area contributed by atoms with E-state index in [9.17, 15) is 0 Å². The normalized spacial score (nSPS) is 16.4. The summed E-state index contributed by atoms with van der Waals surface area (Å²) >= 11 is 0. The highest BCUT2D eigenvalue weighted by molar-refractivity contribution is 5.34. The molecule has 1 aliphatic heterocycles. The topological polar surface area (TPSA) is 30.5 Å². The van der Waals surface area contributed by atoms with Crippen LogP contribution < -0.4 is 14.8 Å². The molecule has 1 N–H and O–H groups in total. The van der Waals surface area contributed by atoms with Gasteiger partial charge in [0.25, 0.3) is 0 Å². The molecular weight excluding hydrogens is 286 g/mol. The minimum Gasteiger partial charge on any atom is -0.492 e. The molecule has 3 nitrogen and oxygen atoms in total. The van der Waals surface area contributed by atoms with Gasteiger partial charge in [-0.15, -0.1) is 0 Å². The predicted octanol–water partition coefficient (Wildman–Crippen LogP) is 3.25. The van der Waals surface area contributed by atoms with Gasteiger partial charge in [0.05, 0.1) is 0 Å². The van der Waals surface area contributed by atoms with Crippen molar-refractivity contribution in [3.63, 3.8) is 0 Å². The fourth-order valence-corrected chi connectivity index (χ4v) is 2.51. The summed E-state index contributed by atoms with van der Waals surface area (Å²) in [6.45, 7) is 2.20. The van der Waals surface area contributed by atoms with E-state index in [0.717, 1.165) is 30.2 Å². The molecular formula is C20H21NO2. The van der Waals surface area contributed by atoms with Crippen molar-refractivity contribution in [1.82, 2.24) is 5.32 Å². The molecule has 0 unspecified atom stereocenters. The van der Waals surface area contributed by atoms with Gasteiger partial charge >= 0.3 is 0 Å². The maximum absolute atomic E-state index is 5.78. The summed E-state index contributed by atoms with van der Waals surface area (Å²) in [5.74, 6) is 7.77. The smallest absolute Gasteiger partial charge is 0.149 e. The molecule has 0 saturated carbocycles. The summed E-state index contributed by atoms with van der Waals surface area (Å²) in [5.41, 5.74) is 1.00. The molecule has 1 heterocycles. The molecule has 2 aromatic carbocycles. The van der Waals surface area contributed by atoms with Crippen molar-refractivity contribution in [2.45, 2.75) is 18.9 Å². The largest absolute Gasteiger partial charge is 0.492 e. The van der Waals surface area contributed by atoms with Crippen molar-refractivity contribution in [3.8, 4) is 23.3 Å². The van der Waals surface area contributed by atoms with Crippen molar-refractivity contribution in [3.05, 3.63) is 60.2 Å². The van der Waals surface area contributed by atoms with Gasteiger partial charge in [0.2, 0.25) is 0 Å². The SMILES string of the molecule is C(#Cc1ccccc1)COc1ccc(OC[C@H]2CCCN2)cc1. The third kappa shape index (κ3) is 5.05. The number of hydrogen-bond donors (Lipinski definition) is 1. The minimum atomic E-state index is 0.376. The summed E-state index contributed by atoms with van der Waals surface area (Å²) in [6.07, 6.45) is 2.44. The second kappa shape index (κ2) is 8.26. The third-order valence-electron chi connectivity index (χ3n) is 3.75. The Kier molecular flexibility index (Phi) is 5.55. The Labute approximate surface area is 137 Å². The van der Waals surface area contributed by atoms with Crippen LogP contribution in [0.4, 0.5) is 0 Å². The lowest BCUT2D eigenvalue weighted by atomic mass is 10.2. The molecule has 0 aromatic heterocycles. The van der Waals surface area contributed by atoms with Crippen LogP contribution in [0.3, 0.4) is 0 Å². The summed E-state index contributed by atoms with van der Waals surface area (Å²) in [7, 11) is 0. The van der Waals surface area contributed by atoms with E-state index in [1.165, 1.54) is 12.8 Å². The molecule has 1 atom stereocenters. The lowest BCUT2D eigenvalue weighted by Crippen LogP contribution is -2.28. The third-order valence-corrected chi connectivity index (χ3v) is 3.75. The van der Waals surface area contributed by atoms with E-state index >= 15 is 0 Å². The zero-order valence-corrected chi connectivity index (χ0v) is 13.1. The zero-order chi connectivity index (χ0) is 15.7. The molecule has 23 heavy (non-hydrogen) atoms. The standard InChI is InChI=1S/C20H21NO2/c1-2-6-17(7-3-1)8-5-15-22-19-10-12-20(13-11-19)23-16-18-9-4-14-21-18/h1-3,6-7,10-13,18,21H,4,9,14-16H2/t18-/m1/s1. The van der Waals surface area contributed by atoms with Gasteiger partial charge in [0.1, 0.15) is 24.7 Å². The van der Waals surface area contributed by atoms with Gasteiger partial charge in [0.15, 0.2) is 0 Å². The first kappa shape index (κ1) is 15.5. The lowest BCUT2D eigenvalue weighted by molar-refractivity contribution is 0.276. The molecule has 0 amide bonds. The first-order valence-corrected chi connectivity index (χ1v) is 8.03. The maximum atomic E-state index is 5.78. The second-order valence-corrected chi connectivity index (χ2v) is 5.53. The Morgan fingerprint density at radius 1 is 0.957 bits per heavy atom. The van der Waals surface area contributed by atoms with E-state index in [0.29, 0.717) is 12.6 Å². The van der Waals surface area contributed by atoms with Crippen LogP contribution in [-0.4, -0.2) is 25.8 Å². The quantitative estimate of drug-likeness (QED) is 0.860. The number of rotatable bonds is 5. The second-order valence-electron chi connectivity index (χ2n) is 5.53. The average molecular weight is 307 g/mol. The van der Waals surface area contributed by atoms with Gasteiger partial charge in [-0.2, -0.15) is 0 Å². The molecule has 0 spiro atoms. The van der Waals surface area contributed by atoms with E-state index in [-0.39, 0.29) is 0 Å². The molecule has 118 valence electrons. The average Bonchev–Trinajstić information content (AvgIpc) is 3.12. The van der Waals surface area contributed by atoms with Crippen LogP contribution in [0.1, 0.15) is 18.4 Å². The molecule has 1 saturated heterocycles. The van der Waals surface area contributed by atoms with Crippen molar-refractivity contribution in [2.24, 2.45) is 0 Å². The maximum Gasteiger partial charge on any atom is 0.149 e. The Morgan fingerprint density at radius 2 is 1.70 bits per heavy atom. The highest BCUT2D eigenvalue weighted by atomic mass is 16.5. The molecule has 0 aliphatic carbocycles. The fraction of sp³-hybridized carbons (Fsp3) is 0.300. The van der Waals surface area contributed by atoms with Crippen molar-refractivity contribution in [1.29, 1.82) is 0 Å². The Bertz CT molecular complexity index is 650. The highest BCUT2D eigenvalue weighted by Gasteiger charge is 2.14. The van der Waals surface area contributed by atoms with Crippen molar-refractivity contribution < 1.29 is 9.47 Å². The monoisotopic (exact) mass is 307 g/mol. The zero-order valence-electron chi connectivity index (χ0n) is 13.1. The number of hydrogen-bond acceptors (Lipinski definition) is 3. The fourth-order valence-electron chi connectivity index (χ4n) is 2.51. The van der Waals surface area contributed by atoms with Crippen LogP contribution in [0.5, 0.6) is 11.5 Å². The lowest BCUT2D eigenvalue weighted by Gasteiger charge is -2.12. The van der Waals surface area contributed by atoms with Gasteiger partial charge in [-0.05, 0) is 55.8 Å². The first-order chi connectivity index (χ1) is 11.4. The van der Waals surface area contributed by atoms with Gasteiger partial charge in [0, 0.05) is 11.6 Å². The Balaban J connectivity index is 1.43. The molecule has 3 heteroatoms. The molecule has 1 aliphatic rings. The van der Waals surface area contributed by atoms with Crippen LogP contribution >= 0.6 is 0 Å². The van der Waals surface area contributed by atoms with Crippen LogP contribution in [-0.2, 0) is 0 Å². The van der Waals surface area contributed by atoms with E-state index in [1.807, 2.05) is 54.6 Å². The minimum absolute atomic E-state index is 0.376. The molecule has 2 aromatic rings. The molecule has 0 bridgehead atoms. The van der Waals surface area contributed by atoms with E-state index in [2.05, 4.69) is 17.2 Å². The van der Waals surface area contributed by atoms with Gasteiger partial charge < -0.3 is 14.8 Å². The predicted molar refractivity (Wildman–Crippen MR) is 91.8 cm³/mol. The number of nitrogens with one attached hydrogen (secondary N) is 1. The van der Waals surface area contributed by atoms with Crippen molar-refractivity contribution in [2.75, 3.05) is 19.8 Å². The number of benzene rings is 2. The molecule has 3 rings (SSSR count). The van der Waals surface area contributed by atoms with E-state index < -0.39 is 0 Å². The van der Waals surface area contributed by atoms with E-state index in [4.69, 9.17) is 9.47 Å². The summed E-state index contributed by atoms with van der Waals surface area (Å²) in [6, 6.07) is 18.1. The molecule has 1 fully saturated rings. The molecule has 0 radical (unpaired) electrons. The Morgan fingerprint density at radius 3 is 2.39 bits per heavy atom. The van der Waals surface area contributed by atoms with E-state index in [1.54, 1.807) is 0 Å². The summed E-state index contributed by atoms with van der Waals surface area (Å²) in [4.78, 5) is 0. The summed E-state index contributed by atoms with van der Waals surface area (Å²) in [5, 5.41) is 3.42. The van der Waals surface area contributed by atoms with Crippen LogP contribution in [0, 0.1) is 11.8 Å². The van der Waals surface area contributed by atoms with Gasteiger partial charge in [-0.3, -0.25) is 0 Å². The van der Waals surface area contributed by atoms with Gasteiger partial charge in [-0.25, -0.2) is 0 Å². The Hall–Kier alpha value is -2.44. The number of ether oxygens (including phenoxy) is 2. The van der Waals surface area contributed by atoms with Crippen LogP contribution in [0.2, 0.25) is 0 Å². The summed E-state index contributed by atoms with van der Waals surface area (Å²) < 4.78 is 11.4. The first-order valence-electron chi connectivity index (χ1n) is 8.03. The highest BCUT2D eigenvalue weighted by Crippen LogP contribution is 2.18. The van der Waals surface area contributed by atoms with Gasteiger partial charge in [-0.1, -0.05) is 30.0 Å².